The van der Waals surface area contributed by atoms with Crippen LogP contribution in [0, 0.1) is 15.9 Å². The van der Waals surface area contributed by atoms with Crippen LogP contribution in [0.4, 0.5) is 15.8 Å². The number of aromatic hydroxyl groups is 1. The molecule has 0 saturated carbocycles. The molecular weight excluding hydrogens is 331 g/mol. The highest BCUT2D eigenvalue weighted by Crippen LogP contribution is 2.28. The molecule has 2 aromatic carbocycles. The van der Waals surface area contributed by atoms with Crippen LogP contribution in [0.15, 0.2) is 40.9 Å². The summed E-state index contributed by atoms with van der Waals surface area (Å²) in [5.41, 5.74) is 0.977. The molecule has 2 aromatic rings. The average molecular weight is 341 g/mol. The number of phenolic OH excluding ortho intramolecular Hbond substituents is 1. The maximum atomic E-state index is 13.2. The van der Waals surface area contributed by atoms with Crippen LogP contribution in [-0.4, -0.2) is 10.0 Å². The largest absolute Gasteiger partial charge is 0.505 e. The number of rotatable bonds is 4. The monoisotopic (exact) mass is 340 g/mol. The van der Waals surface area contributed by atoms with Crippen molar-refractivity contribution in [2.45, 2.75) is 6.54 Å². The fourth-order valence-electron chi connectivity index (χ4n) is 1.65. The maximum absolute atomic E-state index is 13.2. The molecule has 0 amide bonds. The second-order valence-electron chi connectivity index (χ2n) is 4.02. The van der Waals surface area contributed by atoms with Gasteiger partial charge in [0.1, 0.15) is 0 Å². The van der Waals surface area contributed by atoms with Gasteiger partial charge in [0.05, 0.1) is 4.92 Å². The van der Waals surface area contributed by atoms with Gasteiger partial charge in [-0.05, 0) is 28.1 Å². The third-order valence-corrected chi connectivity index (χ3v) is 3.36. The minimum atomic E-state index is -0.688. The van der Waals surface area contributed by atoms with Crippen molar-refractivity contribution < 1.29 is 14.4 Å². The van der Waals surface area contributed by atoms with Crippen LogP contribution in [-0.2, 0) is 6.54 Å². The summed E-state index contributed by atoms with van der Waals surface area (Å²) in [5, 5.41) is 23.1. The Morgan fingerprint density at radius 2 is 2.10 bits per heavy atom. The van der Waals surface area contributed by atoms with Crippen molar-refractivity contribution in [3.05, 3.63) is 62.4 Å². The summed E-state index contributed by atoms with van der Waals surface area (Å²) in [5.74, 6) is -1.09. The zero-order valence-corrected chi connectivity index (χ0v) is 11.7. The molecule has 0 fully saturated rings. The van der Waals surface area contributed by atoms with Gasteiger partial charge in [0.15, 0.2) is 11.6 Å². The minimum Gasteiger partial charge on any atom is -0.505 e. The van der Waals surface area contributed by atoms with Gasteiger partial charge in [-0.3, -0.25) is 10.1 Å². The van der Waals surface area contributed by atoms with Crippen LogP contribution >= 0.6 is 15.9 Å². The van der Waals surface area contributed by atoms with Gasteiger partial charge in [0, 0.05) is 34.4 Å². The maximum Gasteiger partial charge on any atom is 0.270 e. The molecule has 104 valence electrons. The van der Waals surface area contributed by atoms with Crippen molar-refractivity contribution in [1.29, 1.82) is 0 Å². The van der Waals surface area contributed by atoms with Gasteiger partial charge in [-0.2, -0.15) is 0 Å². The van der Waals surface area contributed by atoms with E-state index in [9.17, 15) is 19.6 Å². The van der Waals surface area contributed by atoms with Crippen LogP contribution in [0.3, 0.4) is 0 Å². The zero-order valence-electron chi connectivity index (χ0n) is 10.1. The van der Waals surface area contributed by atoms with Gasteiger partial charge >= 0.3 is 0 Å². The molecule has 0 unspecified atom stereocenters. The van der Waals surface area contributed by atoms with Gasteiger partial charge in [0.2, 0.25) is 0 Å². The third-order valence-electron chi connectivity index (χ3n) is 2.70. The molecule has 0 aliphatic heterocycles. The number of hydrogen-bond acceptors (Lipinski definition) is 4. The molecule has 2 rings (SSSR count). The molecule has 0 bridgehead atoms. The SMILES string of the molecule is O=[N+]([O-])c1ccc(NCc2cccc(F)c2O)c(Br)c1. The second kappa shape index (κ2) is 5.87. The number of para-hydroxylation sites is 1. The highest BCUT2D eigenvalue weighted by Gasteiger charge is 2.10. The molecule has 0 saturated heterocycles. The molecule has 7 heteroatoms. The Morgan fingerprint density at radius 1 is 1.35 bits per heavy atom. The van der Waals surface area contributed by atoms with E-state index in [1.54, 1.807) is 12.1 Å². The van der Waals surface area contributed by atoms with Gasteiger partial charge in [0.25, 0.3) is 5.69 Å². The number of benzene rings is 2. The van der Waals surface area contributed by atoms with Crippen LogP contribution in [0.2, 0.25) is 0 Å². The predicted molar refractivity (Wildman–Crippen MR) is 76.2 cm³/mol. The van der Waals surface area contributed by atoms with E-state index in [2.05, 4.69) is 21.2 Å². The van der Waals surface area contributed by atoms with E-state index in [1.165, 1.54) is 24.3 Å². The molecule has 0 aromatic heterocycles. The molecule has 0 radical (unpaired) electrons. The Balaban J connectivity index is 2.15. The van der Waals surface area contributed by atoms with Gasteiger partial charge < -0.3 is 10.4 Å². The Kier molecular flexibility index (Phi) is 4.19. The number of anilines is 1. The van der Waals surface area contributed by atoms with Crippen molar-refractivity contribution in [1.82, 2.24) is 0 Å². The molecular formula is C13H10BrFN2O3. The van der Waals surface area contributed by atoms with E-state index in [0.29, 0.717) is 15.7 Å². The van der Waals surface area contributed by atoms with Crippen LogP contribution in [0.1, 0.15) is 5.56 Å². The first-order chi connectivity index (χ1) is 9.49. The number of non-ortho nitro benzene ring substituents is 1. The lowest BCUT2D eigenvalue weighted by Crippen LogP contribution is -2.01. The van der Waals surface area contributed by atoms with Crippen molar-refractivity contribution in [3.8, 4) is 5.75 Å². The van der Waals surface area contributed by atoms with Crippen molar-refractivity contribution >= 4 is 27.3 Å². The number of hydrogen-bond donors (Lipinski definition) is 2. The van der Waals surface area contributed by atoms with Crippen LogP contribution in [0.5, 0.6) is 5.75 Å². The Bertz CT molecular complexity index is 664. The standard InChI is InChI=1S/C13H10BrFN2O3/c14-10-6-9(17(19)20)4-5-12(10)16-7-8-2-1-3-11(15)13(8)18/h1-6,16,18H,7H2. The van der Waals surface area contributed by atoms with Crippen molar-refractivity contribution in [3.63, 3.8) is 0 Å². The molecule has 0 aliphatic rings. The van der Waals surface area contributed by atoms with Crippen LogP contribution in [0.25, 0.3) is 0 Å². The predicted octanol–water partition coefficient (Wildman–Crippen LogP) is 3.81. The summed E-state index contributed by atoms with van der Waals surface area (Å²) in [7, 11) is 0. The number of halogens is 2. The van der Waals surface area contributed by atoms with Gasteiger partial charge in [-0.15, -0.1) is 0 Å². The summed E-state index contributed by atoms with van der Waals surface area (Å²) >= 11 is 3.22. The van der Waals surface area contributed by atoms with Gasteiger partial charge in [-0.25, -0.2) is 4.39 Å². The lowest BCUT2D eigenvalue weighted by Gasteiger charge is -2.10. The van der Waals surface area contributed by atoms with E-state index < -0.39 is 16.5 Å². The first-order valence-corrected chi connectivity index (χ1v) is 6.42. The summed E-state index contributed by atoms with van der Waals surface area (Å²) in [6.07, 6.45) is 0. The van der Waals surface area contributed by atoms with E-state index >= 15 is 0 Å². The highest BCUT2D eigenvalue weighted by molar-refractivity contribution is 9.10. The average Bonchev–Trinajstić information content (AvgIpc) is 2.41. The molecule has 20 heavy (non-hydrogen) atoms. The lowest BCUT2D eigenvalue weighted by atomic mass is 10.2. The van der Waals surface area contributed by atoms with Gasteiger partial charge in [-0.1, -0.05) is 12.1 Å². The minimum absolute atomic E-state index is 0.0315. The van der Waals surface area contributed by atoms with E-state index in [-0.39, 0.29) is 12.2 Å². The van der Waals surface area contributed by atoms with Crippen molar-refractivity contribution in [2.75, 3.05) is 5.32 Å². The summed E-state index contributed by atoms with van der Waals surface area (Å²) in [6.45, 7) is 0.194. The number of phenols is 1. The number of nitro benzene ring substituents is 1. The lowest BCUT2D eigenvalue weighted by molar-refractivity contribution is -0.384. The number of nitrogens with zero attached hydrogens (tertiary/aromatic N) is 1. The molecule has 0 atom stereocenters. The number of nitrogens with one attached hydrogen (secondary N) is 1. The molecule has 0 heterocycles. The fourth-order valence-corrected chi connectivity index (χ4v) is 2.16. The third kappa shape index (κ3) is 3.05. The van der Waals surface area contributed by atoms with E-state index in [4.69, 9.17) is 0 Å². The van der Waals surface area contributed by atoms with Crippen molar-refractivity contribution in [2.24, 2.45) is 0 Å². The summed E-state index contributed by atoms with van der Waals surface area (Å²) in [4.78, 5) is 10.1. The second-order valence-corrected chi connectivity index (χ2v) is 4.88. The zero-order chi connectivity index (χ0) is 14.7. The fraction of sp³-hybridized carbons (Fsp3) is 0.0769. The highest BCUT2D eigenvalue weighted by atomic mass is 79.9. The topological polar surface area (TPSA) is 75.4 Å². The molecule has 5 nitrogen and oxygen atoms in total. The first-order valence-electron chi connectivity index (χ1n) is 5.63. The van der Waals surface area contributed by atoms with Crippen LogP contribution < -0.4 is 5.32 Å². The van der Waals surface area contributed by atoms with E-state index in [0.717, 1.165) is 0 Å². The quantitative estimate of drug-likeness (QED) is 0.655. The summed E-state index contributed by atoms with van der Waals surface area (Å²) in [6, 6.07) is 8.52. The Hall–Kier alpha value is -2.15. The molecule has 0 aliphatic carbocycles. The van der Waals surface area contributed by atoms with E-state index in [1.807, 2.05) is 0 Å². The molecule has 2 N–H and O–H groups in total. The Labute approximate surface area is 122 Å². The summed E-state index contributed by atoms with van der Waals surface area (Å²) < 4.78 is 13.7. The first kappa shape index (κ1) is 14.3. The smallest absolute Gasteiger partial charge is 0.270 e. The Morgan fingerprint density at radius 3 is 2.75 bits per heavy atom. The number of nitro groups is 1. The molecule has 0 spiro atoms. The normalized spacial score (nSPS) is 10.3.